The summed E-state index contributed by atoms with van der Waals surface area (Å²) >= 11 is 0. The van der Waals surface area contributed by atoms with Crippen LogP contribution in [-0.4, -0.2) is 36.4 Å². The Morgan fingerprint density at radius 2 is 1.88 bits per heavy atom. The first kappa shape index (κ1) is 11.3. The molecular formula is C13H22N2O2. The number of hydrogen-bond acceptors (Lipinski definition) is 3. The molecule has 17 heavy (non-hydrogen) atoms. The minimum atomic E-state index is -0.112. The van der Waals surface area contributed by atoms with Gasteiger partial charge in [0, 0.05) is 25.6 Å². The second-order valence-electron chi connectivity index (χ2n) is 5.62. The quantitative estimate of drug-likeness (QED) is 0.760. The molecule has 1 amide bonds. The van der Waals surface area contributed by atoms with Gasteiger partial charge in [0.1, 0.15) is 0 Å². The van der Waals surface area contributed by atoms with Crippen LogP contribution in [0.25, 0.3) is 0 Å². The number of likely N-dealkylation sites (tertiary alicyclic amines) is 1. The molecule has 3 fully saturated rings. The number of carbonyl (C=O) groups is 1. The highest BCUT2D eigenvalue weighted by atomic mass is 16.6. The van der Waals surface area contributed by atoms with Crippen LogP contribution in [0.3, 0.4) is 0 Å². The molecule has 96 valence electrons. The van der Waals surface area contributed by atoms with Crippen molar-refractivity contribution in [1.82, 2.24) is 10.2 Å². The van der Waals surface area contributed by atoms with Crippen molar-refractivity contribution >= 4 is 6.09 Å². The molecule has 2 heterocycles. The maximum absolute atomic E-state index is 11.9. The molecule has 0 aromatic rings. The normalized spacial score (nSPS) is 36.9. The summed E-state index contributed by atoms with van der Waals surface area (Å²) in [6.45, 7) is 1.75. The topological polar surface area (TPSA) is 41.6 Å². The summed E-state index contributed by atoms with van der Waals surface area (Å²) in [6.07, 6.45) is 8.34. The third-order valence-electron chi connectivity index (χ3n) is 4.43. The molecule has 4 nitrogen and oxygen atoms in total. The van der Waals surface area contributed by atoms with E-state index >= 15 is 0 Å². The molecular weight excluding hydrogens is 216 g/mol. The number of fused-ring (bicyclic) bond motifs is 1. The predicted molar refractivity (Wildman–Crippen MR) is 64.6 cm³/mol. The highest BCUT2D eigenvalue weighted by Crippen LogP contribution is 2.33. The molecule has 2 saturated heterocycles. The van der Waals surface area contributed by atoms with Crippen LogP contribution in [0.5, 0.6) is 0 Å². The Balaban J connectivity index is 1.50. The van der Waals surface area contributed by atoms with Gasteiger partial charge in [0.05, 0.1) is 0 Å². The van der Waals surface area contributed by atoms with Crippen LogP contribution in [0, 0.1) is 5.92 Å². The van der Waals surface area contributed by atoms with Crippen molar-refractivity contribution in [3.05, 3.63) is 0 Å². The lowest BCUT2D eigenvalue weighted by molar-refractivity contribution is 0.0590. The number of amides is 1. The van der Waals surface area contributed by atoms with E-state index in [0.717, 1.165) is 38.3 Å². The fraction of sp³-hybridized carbons (Fsp3) is 0.923. The number of carbonyl (C=O) groups excluding carboxylic acids is 1. The molecule has 1 saturated carbocycles. The summed E-state index contributed by atoms with van der Waals surface area (Å²) in [5, 5.41) is 3.48. The first-order valence-corrected chi connectivity index (χ1v) is 7.04. The fourth-order valence-corrected chi connectivity index (χ4v) is 3.47. The molecule has 1 N–H and O–H groups in total. The summed E-state index contributed by atoms with van der Waals surface area (Å²) in [4.78, 5) is 13.7. The first-order chi connectivity index (χ1) is 8.33. The van der Waals surface area contributed by atoms with Crippen molar-refractivity contribution in [2.24, 2.45) is 5.92 Å². The molecule has 0 bridgehead atoms. The van der Waals surface area contributed by atoms with Crippen LogP contribution in [0.1, 0.15) is 44.9 Å². The van der Waals surface area contributed by atoms with Gasteiger partial charge in [0.2, 0.25) is 0 Å². The maximum Gasteiger partial charge on any atom is 0.411 e. The molecule has 3 atom stereocenters. The van der Waals surface area contributed by atoms with E-state index in [0.29, 0.717) is 6.04 Å². The van der Waals surface area contributed by atoms with Gasteiger partial charge in [-0.05, 0) is 31.6 Å². The van der Waals surface area contributed by atoms with Gasteiger partial charge in [-0.2, -0.15) is 0 Å². The minimum absolute atomic E-state index is 0.0313. The van der Waals surface area contributed by atoms with Gasteiger partial charge >= 0.3 is 6.09 Å². The van der Waals surface area contributed by atoms with Crippen molar-refractivity contribution in [3.63, 3.8) is 0 Å². The lowest BCUT2D eigenvalue weighted by Crippen LogP contribution is -2.38. The zero-order chi connectivity index (χ0) is 11.7. The van der Waals surface area contributed by atoms with E-state index in [1.807, 2.05) is 4.90 Å². The largest absolute Gasteiger partial charge is 0.430 e. The zero-order valence-electron chi connectivity index (χ0n) is 10.4. The predicted octanol–water partition coefficient (Wildman–Crippen LogP) is 2.10. The van der Waals surface area contributed by atoms with Crippen LogP contribution >= 0.6 is 0 Å². The van der Waals surface area contributed by atoms with Gasteiger partial charge in [0.25, 0.3) is 0 Å². The van der Waals surface area contributed by atoms with Crippen LogP contribution in [0.2, 0.25) is 0 Å². The SMILES string of the molecule is O=C(OC1CC2CCCCC2N1)N1CCCC1. The van der Waals surface area contributed by atoms with E-state index in [2.05, 4.69) is 5.32 Å². The second-order valence-corrected chi connectivity index (χ2v) is 5.62. The minimum Gasteiger partial charge on any atom is -0.430 e. The molecule has 3 rings (SSSR count). The van der Waals surface area contributed by atoms with Gasteiger partial charge in [-0.25, -0.2) is 4.79 Å². The summed E-state index contributed by atoms with van der Waals surface area (Å²) in [6, 6.07) is 0.597. The average molecular weight is 238 g/mol. The smallest absolute Gasteiger partial charge is 0.411 e. The third-order valence-corrected chi connectivity index (χ3v) is 4.43. The van der Waals surface area contributed by atoms with Gasteiger partial charge in [0.15, 0.2) is 6.23 Å². The van der Waals surface area contributed by atoms with Crippen LogP contribution in [0.15, 0.2) is 0 Å². The van der Waals surface area contributed by atoms with Crippen molar-refractivity contribution in [2.75, 3.05) is 13.1 Å². The number of hydrogen-bond donors (Lipinski definition) is 1. The Bertz CT molecular complexity index is 275. The Hall–Kier alpha value is -0.770. The van der Waals surface area contributed by atoms with E-state index < -0.39 is 0 Å². The number of rotatable bonds is 1. The van der Waals surface area contributed by atoms with E-state index in [-0.39, 0.29) is 12.3 Å². The first-order valence-electron chi connectivity index (χ1n) is 7.04. The van der Waals surface area contributed by atoms with Gasteiger partial charge < -0.3 is 9.64 Å². The molecule has 0 radical (unpaired) electrons. The van der Waals surface area contributed by atoms with E-state index in [1.54, 1.807) is 0 Å². The van der Waals surface area contributed by atoms with Crippen molar-refractivity contribution in [1.29, 1.82) is 0 Å². The lowest BCUT2D eigenvalue weighted by atomic mass is 9.85. The molecule has 1 aliphatic carbocycles. The van der Waals surface area contributed by atoms with Crippen LogP contribution in [-0.2, 0) is 4.74 Å². The summed E-state index contributed by atoms with van der Waals surface area (Å²) in [5.41, 5.74) is 0. The summed E-state index contributed by atoms with van der Waals surface area (Å²) in [7, 11) is 0. The standard InChI is InChI=1S/C13H22N2O2/c16-13(15-7-3-4-8-15)17-12-9-10-5-1-2-6-11(10)14-12/h10-12,14H,1-9H2. The Morgan fingerprint density at radius 3 is 2.65 bits per heavy atom. The number of nitrogens with one attached hydrogen (secondary N) is 1. The average Bonchev–Trinajstić information content (AvgIpc) is 2.97. The molecule has 3 aliphatic rings. The lowest BCUT2D eigenvalue weighted by Gasteiger charge is -2.23. The van der Waals surface area contributed by atoms with Crippen molar-refractivity contribution in [3.8, 4) is 0 Å². The molecule has 3 unspecified atom stereocenters. The number of nitrogens with zero attached hydrogens (tertiary/aromatic N) is 1. The Labute approximate surface area is 103 Å². The van der Waals surface area contributed by atoms with E-state index in [4.69, 9.17) is 4.74 Å². The van der Waals surface area contributed by atoms with Crippen molar-refractivity contribution in [2.45, 2.75) is 57.2 Å². The molecule has 2 aliphatic heterocycles. The summed E-state index contributed by atoms with van der Waals surface area (Å²) < 4.78 is 5.56. The molecule has 0 spiro atoms. The highest BCUT2D eigenvalue weighted by Gasteiger charge is 2.37. The second kappa shape index (κ2) is 4.84. The third kappa shape index (κ3) is 2.41. The van der Waals surface area contributed by atoms with Gasteiger partial charge in [-0.15, -0.1) is 0 Å². The Kier molecular flexibility index (Phi) is 3.23. The summed E-state index contributed by atoms with van der Waals surface area (Å²) in [5.74, 6) is 0.736. The van der Waals surface area contributed by atoms with Crippen LogP contribution < -0.4 is 5.32 Å². The Morgan fingerprint density at radius 1 is 1.12 bits per heavy atom. The molecule has 0 aromatic heterocycles. The molecule has 0 aromatic carbocycles. The molecule has 4 heteroatoms. The zero-order valence-corrected chi connectivity index (χ0v) is 10.4. The van der Waals surface area contributed by atoms with Crippen molar-refractivity contribution < 1.29 is 9.53 Å². The highest BCUT2D eigenvalue weighted by molar-refractivity contribution is 5.68. The fourth-order valence-electron chi connectivity index (χ4n) is 3.47. The maximum atomic E-state index is 11.9. The number of ether oxygens (including phenoxy) is 1. The van der Waals surface area contributed by atoms with Crippen LogP contribution in [0.4, 0.5) is 4.79 Å². The van der Waals surface area contributed by atoms with Gasteiger partial charge in [-0.3, -0.25) is 5.32 Å². The van der Waals surface area contributed by atoms with E-state index in [9.17, 15) is 4.79 Å². The van der Waals surface area contributed by atoms with Gasteiger partial charge in [-0.1, -0.05) is 12.8 Å². The monoisotopic (exact) mass is 238 g/mol. The van der Waals surface area contributed by atoms with E-state index in [1.165, 1.54) is 25.7 Å².